The van der Waals surface area contributed by atoms with Crippen molar-refractivity contribution in [1.29, 1.82) is 0 Å². The number of carbonyl (C=O) groups excluding carboxylic acids is 3. The highest BCUT2D eigenvalue weighted by Gasteiger charge is 2.16. The number of esters is 1. The van der Waals surface area contributed by atoms with Crippen LogP contribution in [0.25, 0.3) is 6.08 Å². The van der Waals surface area contributed by atoms with Gasteiger partial charge in [-0.2, -0.15) is 0 Å². The molecule has 0 bridgehead atoms. The van der Waals surface area contributed by atoms with E-state index in [9.17, 15) is 14.4 Å². The van der Waals surface area contributed by atoms with Gasteiger partial charge in [0.1, 0.15) is 0 Å². The van der Waals surface area contributed by atoms with Crippen LogP contribution < -0.4 is 5.32 Å². The number of amides is 1. The summed E-state index contributed by atoms with van der Waals surface area (Å²) < 4.78 is 5.07. The third-order valence-corrected chi connectivity index (χ3v) is 3.75. The molecule has 1 atom stereocenters. The van der Waals surface area contributed by atoms with E-state index in [-0.39, 0.29) is 5.78 Å². The number of hydrogen-bond acceptors (Lipinski definition) is 4. The number of halogens is 1. The highest BCUT2D eigenvalue weighted by atomic mass is 35.5. The fourth-order valence-corrected chi connectivity index (χ4v) is 2.16. The Kier molecular flexibility index (Phi) is 6.69. The summed E-state index contributed by atoms with van der Waals surface area (Å²) in [7, 11) is 0. The van der Waals surface area contributed by atoms with Crippen LogP contribution in [0.1, 0.15) is 29.8 Å². The lowest BCUT2D eigenvalue weighted by Gasteiger charge is -2.12. The molecule has 0 fully saturated rings. The van der Waals surface area contributed by atoms with Gasteiger partial charge in [0.2, 0.25) is 0 Å². The molecule has 2 aromatic carbocycles. The normalized spacial score (nSPS) is 11.8. The summed E-state index contributed by atoms with van der Waals surface area (Å²) in [6.07, 6.45) is 1.85. The van der Waals surface area contributed by atoms with Gasteiger partial charge in [0, 0.05) is 22.3 Å². The van der Waals surface area contributed by atoms with Crippen molar-refractivity contribution >= 4 is 41.0 Å². The number of anilines is 1. The zero-order valence-electron chi connectivity index (χ0n) is 14.4. The summed E-state index contributed by atoms with van der Waals surface area (Å²) >= 11 is 5.79. The third-order valence-electron chi connectivity index (χ3n) is 3.50. The monoisotopic (exact) mass is 371 g/mol. The quantitative estimate of drug-likeness (QED) is 0.471. The molecule has 1 N–H and O–H groups in total. The van der Waals surface area contributed by atoms with Crippen LogP contribution >= 0.6 is 11.6 Å². The summed E-state index contributed by atoms with van der Waals surface area (Å²) in [4.78, 5) is 35.1. The largest absolute Gasteiger partial charge is 0.449 e. The van der Waals surface area contributed by atoms with Gasteiger partial charge in [0.05, 0.1) is 0 Å². The van der Waals surface area contributed by atoms with Crippen molar-refractivity contribution in [3.05, 3.63) is 70.8 Å². The van der Waals surface area contributed by atoms with E-state index < -0.39 is 18.0 Å². The van der Waals surface area contributed by atoms with Crippen molar-refractivity contribution in [2.24, 2.45) is 0 Å². The second-order valence-corrected chi connectivity index (χ2v) is 6.02. The standard InChI is InChI=1S/C20H18ClNO4/c1-13(23)16-6-10-18(11-7-16)22-20(25)14(2)26-19(24)12-5-15-3-8-17(21)9-4-15/h3-12,14H,1-2H3,(H,22,25)/b12-5+/t14-/m1/s1. The highest BCUT2D eigenvalue weighted by Crippen LogP contribution is 2.12. The zero-order valence-corrected chi connectivity index (χ0v) is 15.1. The summed E-state index contributed by atoms with van der Waals surface area (Å²) in [5.41, 5.74) is 1.85. The van der Waals surface area contributed by atoms with Crippen LogP contribution in [0.3, 0.4) is 0 Å². The van der Waals surface area contributed by atoms with Crippen molar-refractivity contribution in [2.75, 3.05) is 5.32 Å². The molecular weight excluding hydrogens is 354 g/mol. The molecule has 2 rings (SSSR count). The maximum atomic E-state index is 12.1. The first kappa shape index (κ1) is 19.4. The van der Waals surface area contributed by atoms with Crippen molar-refractivity contribution in [3.63, 3.8) is 0 Å². The molecule has 0 unspecified atom stereocenters. The van der Waals surface area contributed by atoms with Gasteiger partial charge in [-0.25, -0.2) is 4.79 Å². The minimum atomic E-state index is -0.968. The molecule has 1 amide bonds. The maximum absolute atomic E-state index is 12.1. The molecule has 0 aliphatic carbocycles. The van der Waals surface area contributed by atoms with Crippen LogP contribution in [-0.2, 0) is 14.3 Å². The lowest BCUT2D eigenvalue weighted by atomic mass is 10.1. The lowest BCUT2D eigenvalue weighted by molar-refractivity contribution is -0.148. The van der Waals surface area contributed by atoms with Gasteiger partial charge in [0.25, 0.3) is 5.91 Å². The van der Waals surface area contributed by atoms with Gasteiger partial charge in [-0.3, -0.25) is 9.59 Å². The van der Waals surface area contributed by atoms with E-state index in [0.717, 1.165) is 5.56 Å². The topological polar surface area (TPSA) is 72.5 Å². The first-order chi connectivity index (χ1) is 12.3. The van der Waals surface area contributed by atoms with Crippen molar-refractivity contribution in [3.8, 4) is 0 Å². The average Bonchev–Trinajstić information content (AvgIpc) is 2.61. The van der Waals surface area contributed by atoms with E-state index in [4.69, 9.17) is 16.3 Å². The van der Waals surface area contributed by atoms with Gasteiger partial charge in [0.15, 0.2) is 11.9 Å². The highest BCUT2D eigenvalue weighted by molar-refractivity contribution is 6.30. The fraction of sp³-hybridized carbons (Fsp3) is 0.150. The minimum Gasteiger partial charge on any atom is -0.449 e. The molecule has 0 spiro atoms. The molecule has 0 aromatic heterocycles. The van der Waals surface area contributed by atoms with E-state index in [0.29, 0.717) is 16.3 Å². The molecule has 134 valence electrons. The summed E-state index contributed by atoms with van der Waals surface area (Å²) in [6.45, 7) is 2.94. The van der Waals surface area contributed by atoms with Gasteiger partial charge >= 0.3 is 5.97 Å². The van der Waals surface area contributed by atoms with Crippen molar-refractivity contribution < 1.29 is 19.1 Å². The molecular formula is C20H18ClNO4. The van der Waals surface area contributed by atoms with E-state index in [2.05, 4.69) is 5.32 Å². The third kappa shape index (κ3) is 5.86. The first-order valence-corrected chi connectivity index (χ1v) is 8.29. The molecule has 2 aromatic rings. The molecule has 0 heterocycles. The molecule has 5 nitrogen and oxygen atoms in total. The molecule has 0 radical (unpaired) electrons. The van der Waals surface area contributed by atoms with Gasteiger partial charge in [-0.15, -0.1) is 0 Å². The number of ether oxygens (including phenoxy) is 1. The number of carbonyl (C=O) groups is 3. The Balaban J connectivity index is 1.88. The minimum absolute atomic E-state index is 0.0577. The SMILES string of the molecule is CC(=O)c1ccc(NC(=O)[C@@H](C)OC(=O)/C=C/c2ccc(Cl)cc2)cc1. The van der Waals surface area contributed by atoms with Crippen LogP contribution in [-0.4, -0.2) is 23.8 Å². The lowest BCUT2D eigenvalue weighted by Crippen LogP contribution is -2.29. The van der Waals surface area contributed by atoms with Crippen LogP contribution in [0.5, 0.6) is 0 Å². The van der Waals surface area contributed by atoms with Gasteiger partial charge in [-0.05, 0) is 61.9 Å². The second-order valence-electron chi connectivity index (χ2n) is 5.59. The molecule has 0 saturated heterocycles. The number of rotatable bonds is 6. The number of hydrogen-bond donors (Lipinski definition) is 1. The second kappa shape index (κ2) is 8.97. The summed E-state index contributed by atoms with van der Waals surface area (Å²) in [5, 5.41) is 3.23. The van der Waals surface area contributed by atoms with Crippen LogP contribution in [0.4, 0.5) is 5.69 Å². The smallest absolute Gasteiger partial charge is 0.331 e. The zero-order chi connectivity index (χ0) is 19.1. The van der Waals surface area contributed by atoms with E-state index in [1.807, 2.05) is 0 Å². The average molecular weight is 372 g/mol. The Bertz CT molecular complexity index is 826. The molecule has 0 saturated carbocycles. The number of ketones is 1. The van der Waals surface area contributed by atoms with Crippen molar-refractivity contribution in [1.82, 2.24) is 0 Å². The Labute approximate surface area is 156 Å². The van der Waals surface area contributed by atoms with Gasteiger partial charge in [-0.1, -0.05) is 23.7 Å². The van der Waals surface area contributed by atoms with E-state index >= 15 is 0 Å². The first-order valence-electron chi connectivity index (χ1n) is 7.91. The fourth-order valence-electron chi connectivity index (χ4n) is 2.04. The van der Waals surface area contributed by atoms with E-state index in [1.54, 1.807) is 54.6 Å². The maximum Gasteiger partial charge on any atom is 0.331 e. The Morgan fingerprint density at radius 3 is 2.23 bits per heavy atom. The Morgan fingerprint density at radius 1 is 1.04 bits per heavy atom. The predicted molar refractivity (Wildman–Crippen MR) is 101 cm³/mol. The van der Waals surface area contributed by atoms with Gasteiger partial charge < -0.3 is 10.1 Å². The Morgan fingerprint density at radius 2 is 1.65 bits per heavy atom. The Hall–Kier alpha value is -2.92. The summed E-state index contributed by atoms with van der Waals surface area (Å²) in [6, 6.07) is 13.4. The van der Waals surface area contributed by atoms with Crippen LogP contribution in [0, 0.1) is 0 Å². The molecule has 0 aliphatic rings. The molecule has 0 aliphatic heterocycles. The molecule has 26 heavy (non-hydrogen) atoms. The predicted octanol–water partition coefficient (Wildman–Crippen LogP) is 4.13. The number of Topliss-reactive ketones (excluding diaryl/α,β-unsaturated/α-hetero) is 1. The van der Waals surface area contributed by atoms with E-state index in [1.165, 1.54) is 19.9 Å². The molecule has 6 heteroatoms. The van der Waals surface area contributed by atoms with Crippen molar-refractivity contribution in [2.45, 2.75) is 20.0 Å². The number of benzene rings is 2. The van der Waals surface area contributed by atoms with Crippen LogP contribution in [0.15, 0.2) is 54.6 Å². The van der Waals surface area contributed by atoms with Crippen LogP contribution in [0.2, 0.25) is 5.02 Å². The number of nitrogens with one attached hydrogen (secondary N) is 1. The summed E-state index contributed by atoms with van der Waals surface area (Å²) in [5.74, 6) is -1.15.